The molecule has 19 heavy (non-hydrogen) atoms. The van der Waals surface area contributed by atoms with Crippen molar-refractivity contribution in [2.45, 2.75) is 45.1 Å². The maximum Gasteiger partial charge on any atom is 0.306 e. The van der Waals surface area contributed by atoms with Gasteiger partial charge in [0.05, 0.1) is 18.8 Å². The van der Waals surface area contributed by atoms with Crippen LogP contribution in [0.4, 0.5) is 0 Å². The summed E-state index contributed by atoms with van der Waals surface area (Å²) in [7, 11) is -3.39. The maximum atomic E-state index is 12.3. The van der Waals surface area contributed by atoms with E-state index in [0.717, 1.165) is 19.3 Å². The second-order valence-electron chi connectivity index (χ2n) is 4.71. The summed E-state index contributed by atoms with van der Waals surface area (Å²) in [6.45, 7) is 3.00. The van der Waals surface area contributed by atoms with E-state index in [1.165, 1.54) is 4.31 Å². The van der Waals surface area contributed by atoms with Gasteiger partial charge in [-0.2, -0.15) is 4.31 Å². The number of piperidine rings is 1. The second-order valence-corrected chi connectivity index (χ2v) is 6.75. The number of carbonyl (C=O) groups is 1. The second kappa shape index (κ2) is 7.81. The first kappa shape index (κ1) is 16.4. The summed E-state index contributed by atoms with van der Waals surface area (Å²) in [4.78, 5) is 11.3. The van der Waals surface area contributed by atoms with Crippen molar-refractivity contribution < 1.29 is 17.9 Å². The van der Waals surface area contributed by atoms with Crippen LogP contribution in [0.2, 0.25) is 0 Å². The fraction of sp³-hybridized carbons (Fsp3) is 0.917. The molecule has 1 fully saturated rings. The molecule has 1 heterocycles. The van der Waals surface area contributed by atoms with E-state index in [1.807, 2.05) is 0 Å². The Hall–Kier alpha value is -0.660. The number of ether oxygens (including phenoxy) is 1. The van der Waals surface area contributed by atoms with E-state index in [1.54, 1.807) is 6.92 Å². The topological polar surface area (TPSA) is 89.7 Å². The highest BCUT2D eigenvalue weighted by atomic mass is 32.2. The number of sulfonamides is 1. The smallest absolute Gasteiger partial charge is 0.306 e. The van der Waals surface area contributed by atoms with Gasteiger partial charge in [0.15, 0.2) is 0 Å². The number of hydrogen-bond acceptors (Lipinski definition) is 5. The van der Waals surface area contributed by atoms with Gasteiger partial charge in [0.1, 0.15) is 0 Å². The predicted molar refractivity (Wildman–Crippen MR) is 73.1 cm³/mol. The van der Waals surface area contributed by atoms with Crippen molar-refractivity contribution in [2.75, 3.05) is 25.4 Å². The summed E-state index contributed by atoms with van der Waals surface area (Å²) in [5, 5.41) is 0. The van der Waals surface area contributed by atoms with Crippen LogP contribution in [-0.2, 0) is 19.6 Å². The van der Waals surface area contributed by atoms with Crippen molar-refractivity contribution in [2.24, 2.45) is 5.73 Å². The van der Waals surface area contributed by atoms with Gasteiger partial charge in [-0.05, 0) is 32.7 Å². The van der Waals surface area contributed by atoms with Crippen molar-refractivity contribution in [3.05, 3.63) is 0 Å². The summed E-state index contributed by atoms with van der Waals surface area (Å²) >= 11 is 0. The Morgan fingerprint density at radius 1 is 1.42 bits per heavy atom. The van der Waals surface area contributed by atoms with Gasteiger partial charge < -0.3 is 10.5 Å². The normalized spacial score (nSPS) is 21.3. The maximum absolute atomic E-state index is 12.3. The Balaban J connectivity index is 2.60. The molecule has 1 saturated heterocycles. The van der Waals surface area contributed by atoms with E-state index in [9.17, 15) is 13.2 Å². The van der Waals surface area contributed by atoms with Crippen molar-refractivity contribution in [1.29, 1.82) is 0 Å². The third-order valence-corrected chi connectivity index (χ3v) is 5.22. The Labute approximate surface area is 115 Å². The first-order chi connectivity index (χ1) is 9.01. The van der Waals surface area contributed by atoms with E-state index in [0.29, 0.717) is 19.5 Å². The van der Waals surface area contributed by atoms with Crippen LogP contribution in [0.25, 0.3) is 0 Å². The molecule has 0 amide bonds. The Morgan fingerprint density at radius 3 is 2.79 bits per heavy atom. The highest BCUT2D eigenvalue weighted by Gasteiger charge is 2.31. The quantitative estimate of drug-likeness (QED) is 0.689. The zero-order valence-electron chi connectivity index (χ0n) is 11.5. The average molecular weight is 292 g/mol. The van der Waals surface area contributed by atoms with Crippen molar-refractivity contribution >= 4 is 16.0 Å². The number of hydrogen-bond donors (Lipinski definition) is 1. The zero-order valence-corrected chi connectivity index (χ0v) is 12.3. The molecule has 0 aromatic carbocycles. The molecule has 1 atom stereocenters. The molecular weight excluding hydrogens is 268 g/mol. The third kappa shape index (κ3) is 5.08. The molecule has 0 bridgehead atoms. The standard InChI is InChI=1S/C12H24N2O4S/c1-2-18-12(15)7-10-19(16,17)14-9-4-3-5-11(14)6-8-13/h11H,2-10,13H2,1H3. The van der Waals surface area contributed by atoms with E-state index < -0.39 is 16.0 Å². The molecule has 7 heteroatoms. The van der Waals surface area contributed by atoms with Crippen molar-refractivity contribution in [3.8, 4) is 0 Å². The molecule has 1 aliphatic heterocycles. The monoisotopic (exact) mass is 292 g/mol. The molecule has 1 unspecified atom stereocenters. The molecule has 112 valence electrons. The summed E-state index contributed by atoms with van der Waals surface area (Å²) in [5.41, 5.74) is 5.53. The van der Waals surface area contributed by atoms with Crippen LogP contribution < -0.4 is 5.73 Å². The first-order valence-electron chi connectivity index (χ1n) is 6.86. The summed E-state index contributed by atoms with van der Waals surface area (Å²) < 4.78 is 30.8. The number of nitrogens with zero attached hydrogens (tertiary/aromatic N) is 1. The Morgan fingerprint density at radius 2 is 2.16 bits per heavy atom. The molecule has 0 saturated carbocycles. The van der Waals surface area contributed by atoms with Crippen molar-refractivity contribution in [3.63, 3.8) is 0 Å². The molecule has 1 aliphatic rings. The number of nitrogens with two attached hydrogens (primary N) is 1. The molecule has 0 radical (unpaired) electrons. The first-order valence-corrected chi connectivity index (χ1v) is 8.47. The van der Waals surface area contributed by atoms with Crippen LogP contribution in [0.3, 0.4) is 0 Å². The van der Waals surface area contributed by atoms with Gasteiger partial charge in [-0.1, -0.05) is 6.42 Å². The lowest BCUT2D eigenvalue weighted by atomic mass is 10.0. The third-order valence-electron chi connectivity index (χ3n) is 3.30. The summed E-state index contributed by atoms with van der Waals surface area (Å²) in [6.07, 6.45) is 3.37. The van der Waals surface area contributed by atoms with Crippen LogP contribution >= 0.6 is 0 Å². The van der Waals surface area contributed by atoms with Crippen LogP contribution in [-0.4, -0.2) is 50.2 Å². The molecule has 0 aromatic rings. The van der Waals surface area contributed by atoms with Crippen LogP contribution in [0.1, 0.15) is 39.0 Å². The van der Waals surface area contributed by atoms with Gasteiger partial charge >= 0.3 is 5.97 Å². The van der Waals surface area contributed by atoms with Gasteiger partial charge in [0.2, 0.25) is 10.0 Å². The minimum atomic E-state index is -3.39. The van der Waals surface area contributed by atoms with E-state index >= 15 is 0 Å². The van der Waals surface area contributed by atoms with Crippen LogP contribution in [0.15, 0.2) is 0 Å². The molecule has 0 aromatic heterocycles. The highest BCUT2D eigenvalue weighted by molar-refractivity contribution is 7.89. The molecule has 1 rings (SSSR count). The van der Waals surface area contributed by atoms with Crippen LogP contribution in [0.5, 0.6) is 0 Å². The lowest BCUT2D eigenvalue weighted by Gasteiger charge is -2.34. The minimum absolute atomic E-state index is 0.00838. The van der Waals surface area contributed by atoms with Gasteiger partial charge in [0, 0.05) is 12.6 Å². The molecule has 2 N–H and O–H groups in total. The van der Waals surface area contributed by atoms with E-state index in [2.05, 4.69) is 0 Å². The Kier molecular flexibility index (Phi) is 6.74. The molecule has 6 nitrogen and oxygen atoms in total. The minimum Gasteiger partial charge on any atom is -0.466 e. The molecule has 0 spiro atoms. The molecular formula is C12H24N2O4S. The molecule has 0 aliphatic carbocycles. The average Bonchev–Trinajstić information content (AvgIpc) is 2.38. The summed E-state index contributed by atoms with van der Waals surface area (Å²) in [5.74, 6) is -0.633. The number of carbonyl (C=O) groups excluding carboxylic acids is 1. The summed E-state index contributed by atoms with van der Waals surface area (Å²) in [6, 6.07) is -0.00838. The van der Waals surface area contributed by atoms with E-state index in [4.69, 9.17) is 10.5 Å². The Bertz CT molecular complexity index is 381. The van der Waals surface area contributed by atoms with Gasteiger partial charge in [-0.15, -0.1) is 0 Å². The van der Waals surface area contributed by atoms with Crippen LogP contribution in [0, 0.1) is 0 Å². The van der Waals surface area contributed by atoms with Crippen molar-refractivity contribution in [1.82, 2.24) is 4.31 Å². The fourth-order valence-corrected chi connectivity index (χ4v) is 4.12. The lowest BCUT2D eigenvalue weighted by molar-refractivity contribution is -0.142. The van der Waals surface area contributed by atoms with Gasteiger partial charge in [0.25, 0.3) is 0 Å². The van der Waals surface area contributed by atoms with Gasteiger partial charge in [-0.3, -0.25) is 4.79 Å². The SMILES string of the molecule is CCOC(=O)CCS(=O)(=O)N1CCCCC1CCN. The lowest BCUT2D eigenvalue weighted by Crippen LogP contribution is -2.45. The highest BCUT2D eigenvalue weighted by Crippen LogP contribution is 2.23. The number of esters is 1. The van der Waals surface area contributed by atoms with Gasteiger partial charge in [-0.25, -0.2) is 8.42 Å². The fourth-order valence-electron chi connectivity index (χ4n) is 2.38. The van der Waals surface area contributed by atoms with E-state index in [-0.39, 0.29) is 24.8 Å². The number of rotatable bonds is 7. The zero-order chi connectivity index (χ0) is 14.3. The largest absolute Gasteiger partial charge is 0.466 e. The predicted octanol–water partition coefficient (Wildman–Crippen LogP) is 0.473.